The van der Waals surface area contributed by atoms with E-state index in [1.54, 1.807) is 41.5 Å². The summed E-state index contributed by atoms with van der Waals surface area (Å²) in [4.78, 5) is 24.5. The minimum atomic E-state index is -4.57. The third kappa shape index (κ3) is 7.47. The molecule has 0 aromatic heterocycles. The van der Waals surface area contributed by atoms with Crippen LogP contribution in [-0.4, -0.2) is 23.4 Å². The molecule has 2 N–H and O–H groups in total. The minimum absolute atomic E-state index is 0.0552. The van der Waals surface area contributed by atoms with E-state index in [-0.39, 0.29) is 22.5 Å². The normalized spacial score (nSPS) is 12.2. The maximum Gasteiger partial charge on any atom is 0.417 e. The summed E-state index contributed by atoms with van der Waals surface area (Å²) < 4.78 is 50.9. The molecule has 0 aliphatic rings. The molecule has 0 saturated carbocycles. The molecule has 0 bridgehead atoms. The van der Waals surface area contributed by atoms with E-state index in [9.17, 15) is 22.8 Å². The van der Waals surface area contributed by atoms with Crippen LogP contribution in [0.1, 0.15) is 47.1 Å². The predicted molar refractivity (Wildman–Crippen MR) is 117 cm³/mol. The highest BCUT2D eigenvalue weighted by Crippen LogP contribution is 2.39. The number of nitrogens with one attached hydrogen (secondary N) is 2. The molecule has 0 aliphatic heterocycles. The molecule has 174 valence electrons. The standard InChI is InChI=1S/C23H27F3N2O4/c1-21(2,3)31-19(29)27-17-12-11-14(13-18(17)28-20(30)32-22(4,5)6)15-9-7-8-10-16(15)23(24,25)26/h7-13H,1-6H3,(H,27,29)(H,28,30). The summed E-state index contributed by atoms with van der Waals surface area (Å²) in [6.45, 7) is 10.1. The van der Waals surface area contributed by atoms with Crippen molar-refractivity contribution in [3.63, 3.8) is 0 Å². The summed E-state index contributed by atoms with van der Waals surface area (Å²) in [5.41, 5.74) is -2.08. The summed E-state index contributed by atoms with van der Waals surface area (Å²) in [5.74, 6) is 0. The number of anilines is 2. The fourth-order valence-electron chi connectivity index (χ4n) is 2.73. The lowest BCUT2D eigenvalue weighted by Gasteiger charge is -2.22. The van der Waals surface area contributed by atoms with Crippen LogP contribution in [-0.2, 0) is 15.7 Å². The van der Waals surface area contributed by atoms with Crippen LogP contribution in [0, 0.1) is 0 Å². The average molecular weight is 452 g/mol. The van der Waals surface area contributed by atoms with Gasteiger partial charge < -0.3 is 9.47 Å². The molecule has 9 heteroatoms. The summed E-state index contributed by atoms with van der Waals surface area (Å²) in [6.07, 6.45) is -6.18. The second-order valence-corrected chi connectivity index (χ2v) is 9.06. The molecule has 0 heterocycles. The zero-order valence-corrected chi connectivity index (χ0v) is 18.8. The van der Waals surface area contributed by atoms with Crippen molar-refractivity contribution in [2.45, 2.75) is 58.9 Å². The van der Waals surface area contributed by atoms with Crippen LogP contribution in [0.2, 0.25) is 0 Å². The topological polar surface area (TPSA) is 76.7 Å². The molecule has 6 nitrogen and oxygen atoms in total. The Labute approximate surface area is 185 Å². The van der Waals surface area contributed by atoms with E-state index < -0.39 is 35.1 Å². The molecule has 0 atom stereocenters. The molecule has 2 rings (SSSR count). The van der Waals surface area contributed by atoms with Gasteiger partial charge in [0.2, 0.25) is 0 Å². The van der Waals surface area contributed by atoms with Crippen LogP contribution in [0.25, 0.3) is 11.1 Å². The van der Waals surface area contributed by atoms with Gasteiger partial charge in [-0.05, 0) is 70.9 Å². The average Bonchev–Trinajstić information content (AvgIpc) is 2.59. The Morgan fingerprint density at radius 3 is 1.75 bits per heavy atom. The Morgan fingerprint density at radius 1 is 0.750 bits per heavy atom. The largest absolute Gasteiger partial charge is 0.444 e. The van der Waals surface area contributed by atoms with Crippen molar-refractivity contribution in [2.24, 2.45) is 0 Å². The molecule has 2 amide bonds. The fourth-order valence-corrected chi connectivity index (χ4v) is 2.73. The second-order valence-electron chi connectivity index (χ2n) is 9.06. The number of amides is 2. The van der Waals surface area contributed by atoms with E-state index in [1.807, 2.05) is 0 Å². The fraction of sp³-hybridized carbons (Fsp3) is 0.391. The quantitative estimate of drug-likeness (QED) is 0.522. The SMILES string of the molecule is CC(C)(C)OC(=O)Nc1ccc(-c2ccccc2C(F)(F)F)cc1NC(=O)OC(C)(C)C. The van der Waals surface area contributed by atoms with Crippen LogP contribution in [0.4, 0.5) is 34.1 Å². The second kappa shape index (κ2) is 9.10. The van der Waals surface area contributed by atoms with E-state index in [1.165, 1.54) is 36.4 Å². The molecule has 0 spiro atoms. The Bertz CT molecular complexity index is 990. The number of carbonyl (C=O) groups excluding carboxylic acids is 2. The van der Waals surface area contributed by atoms with Gasteiger partial charge in [0.15, 0.2) is 0 Å². The highest BCUT2D eigenvalue weighted by Gasteiger charge is 2.33. The third-order valence-electron chi connectivity index (χ3n) is 3.83. The zero-order valence-electron chi connectivity index (χ0n) is 18.8. The van der Waals surface area contributed by atoms with Gasteiger partial charge in [0, 0.05) is 0 Å². The Hall–Kier alpha value is -3.23. The number of alkyl halides is 3. The maximum atomic E-state index is 13.5. The number of ether oxygens (including phenoxy) is 2. The zero-order chi connectivity index (χ0) is 24.3. The highest BCUT2D eigenvalue weighted by atomic mass is 19.4. The van der Waals surface area contributed by atoms with E-state index in [4.69, 9.17) is 9.47 Å². The van der Waals surface area contributed by atoms with Crippen molar-refractivity contribution in [3.8, 4) is 11.1 Å². The lowest BCUT2D eigenvalue weighted by molar-refractivity contribution is -0.137. The smallest absolute Gasteiger partial charge is 0.417 e. The van der Waals surface area contributed by atoms with Crippen molar-refractivity contribution in [3.05, 3.63) is 48.0 Å². The monoisotopic (exact) mass is 452 g/mol. The minimum Gasteiger partial charge on any atom is -0.444 e. The molecule has 0 unspecified atom stereocenters. The van der Waals surface area contributed by atoms with Crippen LogP contribution >= 0.6 is 0 Å². The van der Waals surface area contributed by atoms with Crippen molar-refractivity contribution in [1.82, 2.24) is 0 Å². The first-order valence-corrected chi connectivity index (χ1v) is 9.86. The Balaban J connectivity index is 2.48. The number of hydrogen-bond donors (Lipinski definition) is 2. The number of hydrogen-bond acceptors (Lipinski definition) is 4. The Morgan fingerprint density at radius 2 is 1.25 bits per heavy atom. The van der Waals surface area contributed by atoms with Gasteiger partial charge in [-0.25, -0.2) is 9.59 Å². The van der Waals surface area contributed by atoms with Crippen LogP contribution in [0.15, 0.2) is 42.5 Å². The molecule has 0 saturated heterocycles. The van der Waals surface area contributed by atoms with Gasteiger partial charge in [-0.1, -0.05) is 24.3 Å². The maximum absolute atomic E-state index is 13.5. The van der Waals surface area contributed by atoms with E-state index >= 15 is 0 Å². The number of halogens is 3. The van der Waals surface area contributed by atoms with Crippen molar-refractivity contribution in [1.29, 1.82) is 0 Å². The molecule has 0 radical (unpaired) electrons. The van der Waals surface area contributed by atoms with E-state index in [0.29, 0.717) is 0 Å². The lowest BCUT2D eigenvalue weighted by atomic mass is 9.98. The molecular weight excluding hydrogens is 425 g/mol. The van der Waals surface area contributed by atoms with Gasteiger partial charge in [-0.3, -0.25) is 10.6 Å². The Kier molecular flexibility index (Phi) is 7.12. The molecular formula is C23H27F3N2O4. The van der Waals surface area contributed by atoms with Crippen molar-refractivity contribution < 1.29 is 32.2 Å². The summed E-state index contributed by atoms with van der Waals surface area (Å²) in [7, 11) is 0. The van der Waals surface area contributed by atoms with Crippen LogP contribution < -0.4 is 10.6 Å². The molecule has 0 aliphatic carbocycles. The third-order valence-corrected chi connectivity index (χ3v) is 3.83. The first kappa shape index (κ1) is 25.0. The first-order valence-electron chi connectivity index (χ1n) is 9.86. The number of rotatable bonds is 3. The summed E-state index contributed by atoms with van der Waals surface area (Å²) in [5, 5.41) is 5.00. The molecule has 2 aromatic rings. The van der Waals surface area contributed by atoms with Gasteiger partial charge in [0.1, 0.15) is 11.2 Å². The number of carbonyl (C=O) groups is 2. The van der Waals surface area contributed by atoms with Crippen molar-refractivity contribution >= 4 is 23.6 Å². The molecule has 0 fully saturated rings. The van der Waals surface area contributed by atoms with Crippen LogP contribution in [0.3, 0.4) is 0 Å². The number of benzene rings is 2. The van der Waals surface area contributed by atoms with Crippen molar-refractivity contribution in [2.75, 3.05) is 10.6 Å². The van der Waals surface area contributed by atoms with Gasteiger partial charge in [0.25, 0.3) is 0 Å². The summed E-state index contributed by atoms with van der Waals surface area (Å²) >= 11 is 0. The predicted octanol–water partition coefficient (Wildman–Crippen LogP) is 7.07. The van der Waals surface area contributed by atoms with E-state index in [2.05, 4.69) is 10.6 Å². The molecule has 32 heavy (non-hydrogen) atoms. The van der Waals surface area contributed by atoms with Crippen LogP contribution in [0.5, 0.6) is 0 Å². The van der Waals surface area contributed by atoms with Gasteiger partial charge >= 0.3 is 18.4 Å². The van der Waals surface area contributed by atoms with Gasteiger partial charge in [-0.2, -0.15) is 13.2 Å². The highest BCUT2D eigenvalue weighted by molar-refractivity contribution is 5.97. The van der Waals surface area contributed by atoms with Gasteiger partial charge in [0.05, 0.1) is 16.9 Å². The lowest BCUT2D eigenvalue weighted by Crippen LogP contribution is -2.29. The van der Waals surface area contributed by atoms with Gasteiger partial charge in [-0.15, -0.1) is 0 Å². The summed E-state index contributed by atoms with van der Waals surface area (Å²) in [6, 6.07) is 9.22. The first-order chi connectivity index (χ1) is 14.5. The molecule has 2 aromatic carbocycles. The van der Waals surface area contributed by atoms with E-state index in [0.717, 1.165) is 6.07 Å².